The number of pyridine rings is 2. The molecular formula is C15H13N5O. The fourth-order valence-electron chi connectivity index (χ4n) is 1.80. The molecule has 6 heteroatoms. The van der Waals surface area contributed by atoms with Crippen LogP contribution in [-0.4, -0.2) is 25.4 Å². The van der Waals surface area contributed by atoms with Crippen LogP contribution in [0.25, 0.3) is 5.82 Å². The van der Waals surface area contributed by atoms with E-state index in [1.807, 2.05) is 13.0 Å². The molecule has 3 aromatic rings. The summed E-state index contributed by atoms with van der Waals surface area (Å²) < 4.78 is 1.77. The molecule has 0 atom stereocenters. The van der Waals surface area contributed by atoms with Gasteiger partial charge in [-0.25, -0.2) is 15.0 Å². The van der Waals surface area contributed by atoms with Crippen LogP contribution in [0.15, 0.2) is 55.4 Å². The minimum atomic E-state index is -0.240. The molecule has 104 valence electrons. The van der Waals surface area contributed by atoms with Crippen molar-refractivity contribution in [2.24, 2.45) is 0 Å². The van der Waals surface area contributed by atoms with Crippen LogP contribution in [0.2, 0.25) is 0 Å². The Kier molecular flexibility index (Phi) is 3.42. The lowest BCUT2D eigenvalue weighted by Gasteiger charge is -2.05. The van der Waals surface area contributed by atoms with Crippen molar-refractivity contribution in [1.82, 2.24) is 19.5 Å². The van der Waals surface area contributed by atoms with Gasteiger partial charge in [0.05, 0.1) is 5.56 Å². The number of aromatic nitrogens is 4. The predicted octanol–water partition coefficient (Wildman–Crippen LogP) is 2.22. The summed E-state index contributed by atoms with van der Waals surface area (Å²) in [6.07, 6.45) is 8.34. The van der Waals surface area contributed by atoms with Gasteiger partial charge in [0.1, 0.15) is 18.0 Å². The van der Waals surface area contributed by atoms with E-state index >= 15 is 0 Å². The normalized spacial score (nSPS) is 10.3. The number of rotatable bonds is 3. The second-order valence-electron chi connectivity index (χ2n) is 4.55. The fourth-order valence-corrected chi connectivity index (χ4v) is 1.80. The number of carbonyl (C=O) groups is 1. The topological polar surface area (TPSA) is 72.7 Å². The largest absolute Gasteiger partial charge is 0.307 e. The van der Waals surface area contributed by atoms with Crippen molar-refractivity contribution in [3.8, 4) is 5.82 Å². The van der Waals surface area contributed by atoms with E-state index in [-0.39, 0.29) is 5.91 Å². The predicted molar refractivity (Wildman–Crippen MR) is 78.3 cm³/mol. The smallest absolute Gasteiger partial charge is 0.258 e. The fraction of sp³-hybridized carbons (Fsp3) is 0.0667. The van der Waals surface area contributed by atoms with Gasteiger partial charge < -0.3 is 5.32 Å². The Morgan fingerprint density at radius 3 is 2.67 bits per heavy atom. The third-order valence-corrected chi connectivity index (χ3v) is 2.93. The Bertz CT molecular complexity index is 733. The van der Waals surface area contributed by atoms with E-state index in [9.17, 15) is 4.79 Å². The second kappa shape index (κ2) is 5.54. The molecule has 0 radical (unpaired) electrons. The molecule has 0 bridgehead atoms. The van der Waals surface area contributed by atoms with Crippen LogP contribution in [0.4, 0.5) is 5.82 Å². The maximum atomic E-state index is 12.1. The van der Waals surface area contributed by atoms with Crippen molar-refractivity contribution in [2.45, 2.75) is 6.92 Å². The van der Waals surface area contributed by atoms with Crippen molar-refractivity contribution in [3.63, 3.8) is 0 Å². The number of hydrogen-bond donors (Lipinski definition) is 1. The highest BCUT2D eigenvalue weighted by Gasteiger charge is 2.07. The molecule has 0 spiro atoms. The van der Waals surface area contributed by atoms with E-state index in [0.717, 1.165) is 5.56 Å². The van der Waals surface area contributed by atoms with Crippen molar-refractivity contribution in [2.75, 3.05) is 5.32 Å². The number of aryl methyl sites for hydroxylation is 1. The van der Waals surface area contributed by atoms with Crippen molar-refractivity contribution in [1.29, 1.82) is 0 Å². The summed E-state index contributed by atoms with van der Waals surface area (Å²) in [6, 6.07) is 7.13. The molecule has 3 rings (SSSR count). The maximum absolute atomic E-state index is 12.1. The van der Waals surface area contributed by atoms with E-state index in [4.69, 9.17) is 0 Å². The lowest BCUT2D eigenvalue weighted by molar-refractivity contribution is 0.102. The van der Waals surface area contributed by atoms with Gasteiger partial charge in [-0.3, -0.25) is 9.36 Å². The van der Waals surface area contributed by atoms with E-state index in [1.165, 1.54) is 6.20 Å². The zero-order valence-electron chi connectivity index (χ0n) is 11.4. The van der Waals surface area contributed by atoms with Crippen LogP contribution in [0, 0.1) is 6.92 Å². The Morgan fingerprint density at radius 1 is 1.14 bits per heavy atom. The van der Waals surface area contributed by atoms with Crippen molar-refractivity contribution in [3.05, 3.63) is 66.5 Å². The van der Waals surface area contributed by atoms with Crippen molar-refractivity contribution >= 4 is 11.7 Å². The number of anilines is 1. The zero-order valence-corrected chi connectivity index (χ0v) is 11.4. The highest BCUT2D eigenvalue weighted by Crippen LogP contribution is 2.09. The highest BCUT2D eigenvalue weighted by atomic mass is 16.1. The van der Waals surface area contributed by atoms with E-state index in [2.05, 4.69) is 20.3 Å². The quantitative estimate of drug-likeness (QED) is 0.798. The summed E-state index contributed by atoms with van der Waals surface area (Å²) in [5.74, 6) is 0.984. The Hall–Kier alpha value is -3.02. The second-order valence-corrected chi connectivity index (χ2v) is 4.55. The van der Waals surface area contributed by atoms with Gasteiger partial charge >= 0.3 is 0 Å². The molecule has 0 saturated heterocycles. The third kappa shape index (κ3) is 2.94. The van der Waals surface area contributed by atoms with Crippen molar-refractivity contribution < 1.29 is 4.79 Å². The van der Waals surface area contributed by atoms with E-state index in [1.54, 1.807) is 47.7 Å². The first-order valence-electron chi connectivity index (χ1n) is 6.41. The van der Waals surface area contributed by atoms with Gasteiger partial charge in [0.25, 0.3) is 5.91 Å². The van der Waals surface area contributed by atoms with Gasteiger partial charge in [-0.15, -0.1) is 0 Å². The van der Waals surface area contributed by atoms with Crippen LogP contribution >= 0.6 is 0 Å². The molecule has 3 aromatic heterocycles. The molecule has 0 unspecified atom stereocenters. The third-order valence-electron chi connectivity index (χ3n) is 2.93. The first-order valence-corrected chi connectivity index (χ1v) is 6.41. The van der Waals surface area contributed by atoms with Crippen LogP contribution in [0.3, 0.4) is 0 Å². The molecule has 6 nitrogen and oxygen atoms in total. The number of carbonyl (C=O) groups excluding carboxylic acids is 1. The summed E-state index contributed by atoms with van der Waals surface area (Å²) in [6.45, 7) is 1.94. The van der Waals surface area contributed by atoms with Gasteiger partial charge in [0.2, 0.25) is 0 Å². The van der Waals surface area contributed by atoms with Crippen LogP contribution in [0.1, 0.15) is 15.9 Å². The van der Waals surface area contributed by atoms with Gasteiger partial charge in [-0.1, -0.05) is 6.07 Å². The average Bonchev–Trinajstić information content (AvgIpc) is 3.04. The molecule has 21 heavy (non-hydrogen) atoms. The molecule has 3 heterocycles. The standard InChI is InChI=1S/C15H13N5O/c1-11-2-4-13(17-8-11)19-15(21)12-3-5-14(18-9-12)20-7-6-16-10-20/h2-10H,1H3,(H,17,19,21). The van der Waals surface area contributed by atoms with Gasteiger partial charge in [0.15, 0.2) is 0 Å². The first-order chi connectivity index (χ1) is 10.2. The molecule has 0 aromatic carbocycles. The Morgan fingerprint density at radius 2 is 2.05 bits per heavy atom. The molecule has 0 fully saturated rings. The molecule has 1 amide bonds. The monoisotopic (exact) mass is 279 g/mol. The molecule has 1 N–H and O–H groups in total. The summed E-state index contributed by atoms with van der Waals surface area (Å²) >= 11 is 0. The Balaban J connectivity index is 1.74. The van der Waals surface area contributed by atoms with Gasteiger partial charge in [0, 0.05) is 24.8 Å². The van der Waals surface area contributed by atoms with E-state index in [0.29, 0.717) is 17.2 Å². The molecule has 0 saturated carbocycles. The molecular weight excluding hydrogens is 266 g/mol. The molecule has 0 aliphatic carbocycles. The number of hydrogen-bond acceptors (Lipinski definition) is 4. The highest BCUT2D eigenvalue weighted by molar-refractivity contribution is 6.03. The number of nitrogens with one attached hydrogen (secondary N) is 1. The van der Waals surface area contributed by atoms with Gasteiger partial charge in [-0.05, 0) is 30.7 Å². The summed E-state index contributed by atoms with van der Waals surface area (Å²) in [5.41, 5.74) is 1.51. The number of nitrogens with zero attached hydrogens (tertiary/aromatic N) is 4. The lowest BCUT2D eigenvalue weighted by atomic mass is 10.2. The maximum Gasteiger partial charge on any atom is 0.258 e. The molecule has 0 aliphatic heterocycles. The number of imidazole rings is 1. The first kappa shape index (κ1) is 13.0. The molecule has 0 aliphatic rings. The summed E-state index contributed by atoms with van der Waals surface area (Å²) in [4.78, 5) is 24.4. The van der Waals surface area contributed by atoms with Crippen LogP contribution in [-0.2, 0) is 0 Å². The summed E-state index contributed by atoms with van der Waals surface area (Å²) in [5, 5.41) is 2.73. The zero-order chi connectivity index (χ0) is 14.7. The summed E-state index contributed by atoms with van der Waals surface area (Å²) in [7, 11) is 0. The van der Waals surface area contributed by atoms with E-state index < -0.39 is 0 Å². The lowest BCUT2D eigenvalue weighted by Crippen LogP contribution is -2.13. The van der Waals surface area contributed by atoms with Crippen LogP contribution in [0.5, 0.6) is 0 Å². The van der Waals surface area contributed by atoms with Crippen LogP contribution < -0.4 is 5.32 Å². The minimum Gasteiger partial charge on any atom is -0.307 e. The average molecular weight is 279 g/mol. The Labute approximate surface area is 121 Å². The SMILES string of the molecule is Cc1ccc(NC(=O)c2ccc(-n3ccnc3)nc2)nc1. The number of amides is 1. The van der Waals surface area contributed by atoms with Gasteiger partial charge in [-0.2, -0.15) is 0 Å². The minimum absolute atomic E-state index is 0.240.